The van der Waals surface area contributed by atoms with Crippen LogP contribution in [0.2, 0.25) is 0 Å². The maximum Gasteiger partial charge on any atom is 0.219 e. The summed E-state index contributed by atoms with van der Waals surface area (Å²) in [7, 11) is 0. The van der Waals surface area contributed by atoms with E-state index >= 15 is 0 Å². The minimum atomic E-state index is 0. The number of hydrogen-bond acceptors (Lipinski definition) is 3. The van der Waals surface area contributed by atoms with Crippen LogP contribution in [0.5, 0.6) is 0 Å². The molecular formula is C22H37N5O. The van der Waals surface area contributed by atoms with Crippen LogP contribution in [0.4, 0.5) is 0 Å². The predicted molar refractivity (Wildman–Crippen MR) is 114 cm³/mol. The summed E-state index contributed by atoms with van der Waals surface area (Å²) in [4.78, 5) is 13.1. The third-order valence-corrected chi connectivity index (χ3v) is 5.59. The zero-order valence-electron chi connectivity index (χ0n) is 17.4. The van der Waals surface area contributed by atoms with Crippen LogP contribution >= 0.6 is 0 Å². The molecule has 0 radical (unpaired) electrons. The number of nitrogens with one attached hydrogen (secondary N) is 2. The number of H-pyrrole nitrogens is 2. The molecule has 1 amide bonds. The van der Waals surface area contributed by atoms with E-state index in [4.69, 9.17) is 0 Å². The van der Waals surface area contributed by atoms with E-state index < -0.39 is 0 Å². The maximum absolute atomic E-state index is 11.2. The Hall–Kier alpha value is -2.11. The second-order valence-corrected chi connectivity index (χ2v) is 8.34. The van der Waals surface area contributed by atoms with E-state index in [1.54, 1.807) is 6.92 Å². The Kier molecular flexibility index (Phi) is 7.44. The number of rotatable bonds is 2. The first-order valence-electron chi connectivity index (χ1n) is 10.3. The van der Waals surface area contributed by atoms with Crippen molar-refractivity contribution >= 4 is 5.91 Å². The molecule has 3 heterocycles. The van der Waals surface area contributed by atoms with Gasteiger partial charge in [0, 0.05) is 24.7 Å². The van der Waals surface area contributed by atoms with Crippen molar-refractivity contribution in [3.05, 3.63) is 33.9 Å². The Morgan fingerprint density at radius 2 is 1.43 bits per heavy atom. The third-order valence-electron chi connectivity index (χ3n) is 5.59. The van der Waals surface area contributed by atoms with Gasteiger partial charge in [0.25, 0.3) is 0 Å². The summed E-state index contributed by atoms with van der Waals surface area (Å²) in [6, 6.07) is 0. The van der Waals surface area contributed by atoms with E-state index in [2.05, 4.69) is 48.1 Å². The van der Waals surface area contributed by atoms with Gasteiger partial charge in [-0.3, -0.25) is 15.0 Å². The molecule has 2 aromatic rings. The van der Waals surface area contributed by atoms with Crippen molar-refractivity contribution in [3.63, 3.8) is 0 Å². The van der Waals surface area contributed by atoms with Crippen molar-refractivity contribution in [2.45, 2.75) is 92.5 Å². The van der Waals surface area contributed by atoms with Crippen molar-refractivity contribution in [3.8, 4) is 0 Å². The fraction of sp³-hybridized carbons (Fsp3) is 0.682. The first-order chi connectivity index (χ1) is 12.9. The average molecular weight is 388 g/mol. The lowest BCUT2D eigenvalue weighted by molar-refractivity contribution is -0.129. The molecule has 156 valence electrons. The highest BCUT2D eigenvalue weighted by molar-refractivity contribution is 5.73. The molecule has 4 rings (SSSR count). The zero-order valence-corrected chi connectivity index (χ0v) is 17.4. The van der Waals surface area contributed by atoms with Crippen molar-refractivity contribution in [1.82, 2.24) is 25.3 Å². The van der Waals surface area contributed by atoms with E-state index in [1.165, 1.54) is 48.2 Å². The normalized spacial score (nSPS) is 15.5. The molecule has 2 N–H and O–H groups in total. The molecule has 0 aromatic carbocycles. The Morgan fingerprint density at radius 1 is 0.893 bits per heavy atom. The van der Waals surface area contributed by atoms with Gasteiger partial charge in [-0.15, -0.1) is 0 Å². The fourth-order valence-electron chi connectivity index (χ4n) is 4.07. The summed E-state index contributed by atoms with van der Waals surface area (Å²) in [6.45, 7) is 11.8. The van der Waals surface area contributed by atoms with Crippen molar-refractivity contribution in [2.24, 2.45) is 0 Å². The number of fused-ring (bicyclic) bond motifs is 2. The topological polar surface area (TPSA) is 77.7 Å². The molecular weight excluding hydrogens is 350 g/mol. The Morgan fingerprint density at radius 3 is 2.00 bits per heavy atom. The number of carbonyl (C=O) groups is 1. The largest absolute Gasteiger partial charge is 0.337 e. The molecule has 0 bridgehead atoms. The van der Waals surface area contributed by atoms with Crippen molar-refractivity contribution in [2.75, 3.05) is 6.54 Å². The predicted octanol–water partition coefficient (Wildman–Crippen LogP) is 4.49. The summed E-state index contributed by atoms with van der Waals surface area (Å²) in [5.41, 5.74) is 7.79. The minimum absolute atomic E-state index is 0. The molecule has 0 atom stereocenters. The molecule has 2 aliphatic rings. The van der Waals surface area contributed by atoms with Crippen LogP contribution in [0.15, 0.2) is 0 Å². The Balaban J connectivity index is 0.000000198. The molecule has 0 spiro atoms. The lowest BCUT2D eigenvalue weighted by Crippen LogP contribution is -2.34. The average Bonchev–Trinajstić information content (AvgIpc) is 3.25. The second kappa shape index (κ2) is 9.39. The van der Waals surface area contributed by atoms with Crippen LogP contribution < -0.4 is 0 Å². The Bertz CT molecular complexity index is 787. The van der Waals surface area contributed by atoms with Crippen LogP contribution in [0.1, 0.15) is 101 Å². The standard InChI is InChI=1S/C11H17N3O.C10H16N2.CH4/c1-7(2)11-9-4-5-14(8(3)15)6-10(9)12-13-11;1-7(2)10-8-5-3-4-6-9(8)11-12-10;/h7H,4-6H2,1-3H3,(H,12,13);7H,3-6H2,1-2H3,(H,11,12);1H4. The van der Waals surface area contributed by atoms with Gasteiger partial charge in [-0.2, -0.15) is 10.2 Å². The number of aromatic amines is 2. The van der Waals surface area contributed by atoms with Gasteiger partial charge in [0.1, 0.15) is 0 Å². The second-order valence-electron chi connectivity index (χ2n) is 8.34. The molecule has 1 aliphatic heterocycles. The van der Waals surface area contributed by atoms with Gasteiger partial charge in [-0.05, 0) is 49.5 Å². The smallest absolute Gasteiger partial charge is 0.219 e. The molecule has 0 unspecified atom stereocenters. The van der Waals surface area contributed by atoms with E-state index in [-0.39, 0.29) is 13.3 Å². The number of nitrogens with zero attached hydrogens (tertiary/aromatic N) is 3. The monoisotopic (exact) mass is 387 g/mol. The highest BCUT2D eigenvalue weighted by Crippen LogP contribution is 2.26. The highest BCUT2D eigenvalue weighted by atomic mass is 16.2. The van der Waals surface area contributed by atoms with E-state index in [0.717, 1.165) is 24.4 Å². The highest BCUT2D eigenvalue weighted by Gasteiger charge is 2.23. The Labute approximate surface area is 169 Å². The van der Waals surface area contributed by atoms with Gasteiger partial charge in [-0.1, -0.05) is 35.1 Å². The molecule has 28 heavy (non-hydrogen) atoms. The first-order valence-corrected chi connectivity index (χ1v) is 10.3. The molecule has 6 nitrogen and oxygen atoms in total. The molecule has 1 aliphatic carbocycles. The lowest BCUT2D eigenvalue weighted by Gasteiger charge is -2.25. The third kappa shape index (κ3) is 4.65. The van der Waals surface area contributed by atoms with Gasteiger partial charge in [-0.25, -0.2) is 0 Å². The van der Waals surface area contributed by atoms with Gasteiger partial charge >= 0.3 is 0 Å². The SMILES string of the molecule is C.CC(=O)N1CCc2c(C(C)C)n[nH]c2C1.CC(C)c1n[nH]c2c1CCCC2. The van der Waals surface area contributed by atoms with Crippen LogP contribution in [0.25, 0.3) is 0 Å². The molecule has 0 saturated heterocycles. The van der Waals surface area contributed by atoms with Crippen LogP contribution in [0.3, 0.4) is 0 Å². The summed E-state index contributed by atoms with van der Waals surface area (Å²) < 4.78 is 0. The van der Waals surface area contributed by atoms with Gasteiger partial charge in [0.2, 0.25) is 5.91 Å². The van der Waals surface area contributed by atoms with Crippen LogP contribution in [-0.2, 0) is 30.6 Å². The summed E-state index contributed by atoms with van der Waals surface area (Å²) in [5.74, 6) is 1.17. The van der Waals surface area contributed by atoms with Crippen LogP contribution in [0, 0.1) is 0 Å². The lowest BCUT2D eigenvalue weighted by atomic mass is 9.93. The van der Waals surface area contributed by atoms with Gasteiger partial charge < -0.3 is 4.90 Å². The number of amides is 1. The molecule has 6 heteroatoms. The first kappa shape index (κ1) is 22.2. The van der Waals surface area contributed by atoms with Crippen molar-refractivity contribution in [1.29, 1.82) is 0 Å². The number of carbonyl (C=O) groups excluding carboxylic acids is 1. The maximum atomic E-state index is 11.2. The number of hydrogen-bond donors (Lipinski definition) is 2. The zero-order chi connectivity index (χ0) is 19.6. The van der Waals surface area contributed by atoms with E-state index in [9.17, 15) is 4.79 Å². The van der Waals surface area contributed by atoms with Crippen molar-refractivity contribution < 1.29 is 4.79 Å². The van der Waals surface area contributed by atoms with Crippen LogP contribution in [-0.4, -0.2) is 37.7 Å². The molecule has 0 saturated carbocycles. The van der Waals surface area contributed by atoms with Gasteiger partial charge in [0.15, 0.2) is 0 Å². The number of aromatic nitrogens is 4. The summed E-state index contributed by atoms with van der Waals surface area (Å²) in [6.07, 6.45) is 6.03. The number of aryl methyl sites for hydroxylation is 1. The fourth-order valence-corrected chi connectivity index (χ4v) is 4.07. The van der Waals surface area contributed by atoms with E-state index in [0.29, 0.717) is 18.4 Å². The summed E-state index contributed by atoms with van der Waals surface area (Å²) >= 11 is 0. The van der Waals surface area contributed by atoms with Gasteiger partial charge in [0.05, 0.1) is 23.6 Å². The van der Waals surface area contributed by atoms with E-state index in [1.807, 2.05) is 4.90 Å². The molecule has 0 fully saturated rings. The summed E-state index contributed by atoms with van der Waals surface area (Å²) in [5, 5.41) is 14.9. The minimum Gasteiger partial charge on any atom is -0.337 e. The quantitative estimate of drug-likeness (QED) is 0.797. The molecule has 2 aromatic heterocycles.